The van der Waals surface area contributed by atoms with Crippen LogP contribution >= 0.6 is 0 Å². The maximum atomic E-state index is 6.04. The summed E-state index contributed by atoms with van der Waals surface area (Å²) < 4.78 is 11.5. The van der Waals surface area contributed by atoms with Crippen LogP contribution < -0.4 is 4.74 Å². The number of hydrogen-bond acceptors (Lipinski definition) is 4. The molecule has 4 heteroatoms. The van der Waals surface area contributed by atoms with E-state index in [1.807, 2.05) is 25.4 Å². The maximum absolute atomic E-state index is 6.04. The summed E-state index contributed by atoms with van der Waals surface area (Å²) in [6.45, 7) is 6.29. The smallest absolute Gasteiger partial charge is 0.119 e. The maximum Gasteiger partial charge on any atom is 0.119 e. The SMILES string of the molecule is C=C[C@H]1CN2CC[C@H]1C[C@H]2[C@@H](OC)c1ccnc2ccc(OC)cc12. The van der Waals surface area contributed by atoms with Crippen LogP contribution in [0.3, 0.4) is 0 Å². The second-order valence-corrected chi connectivity index (χ2v) is 7.19. The van der Waals surface area contributed by atoms with Crippen LogP contribution in [0.4, 0.5) is 0 Å². The van der Waals surface area contributed by atoms with Gasteiger partial charge >= 0.3 is 0 Å². The fourth-order valence-corrected chi connectivity index (χ4v) is 4.71. The molecule has 4 nitrogen and oxygen atoms in total. The highest BCUT2D eigenvalue weighted by molar-refractivity contribution is 5.84. The Morgan fingerprint density at radius 3 is 2.88 bits per heavy atom. The Morgan fingerprint density at radius 2 is 2.20 bits per heavy atom. The molecule has 5 atom stereocenters. The highest BCUT2D eigenvalue weighted by Gasteiger charge is 2.42. The molecule has 5 rings (SSSR count). The predicted molar refractivity (Wildman–Crippen MR) is 99.8 cm³/mol. The van der Waals surface area contributed by atoms with Crippen LogP contribution in [0.5, 0.6) is 5.75 Å². The van der Waals surface area contributed by atoms with Crippen molar-refractivity contribution in [2.75, 3.05) is 27.3 Å². The van der Waals surface area contributed by atoms with Gasteiger partial charge in [0.15, 0.2) is 0 Å². The average Bonchev–Trinajstić information content (AvgIpc) is 2.68. The van der Waals surface area contributed by atoms with Crippen LogP contribution in [0.2, 0.25) is 0 Å². The number of aromatic nitrogens is 1. The second-order valence-electron chi connectivity index (χ2n) is 7.19. The number of piperidine rings is 3. The Morgan fingerprint density at radius 1 is 1.32 bits per heavy atom. The Kier molecular flexibility index (Phi) is 4.48. The van der Waals surface area contributed by atoms with Gasteiger partial charge in [-0.2, -0.15) is 0 Å². The Bertz CT molecular complexity index is 776. The summed E-state index contributed by atoms with van der Waals surface area (Å²) in [7, 11) is 3.53. The monoisotopic (exact) mass is 338 g/mol. The van der Waals surface area contributed by atoms with E-state index in [1.54, 1.807) is 7.11 Å². The minimum absolute atomic E-state index is 0.0474. The lowest BCUT2D eigenvalue weighted by Crippen LogP contribution is -2.55. The zero-order valence-electron chi connectivity index (χ0n) is 15.0. The van der Waals surface area contributed by atoms with Crippen LogP contribution in [0.15, 0.2) is 43.1 Å². The molecule has 3 aliphatic rings. The van der Waals surface area contributed by atoms with E-state index in [0.29, 0.717) is 12.0 Å². The topological polar surface area (TPSA) is 34.6 Å². The minimum atomic E-state index is 0.0474. The highest BCUT2D eigenvalue weighted by Crippen LogP contribution is 2.43. The number of ether oxygens (including phenoxy) is 2. The molecule has 0 aliphatic carbocycles. The van der Waals surface area contributed by atoms with Gasteiger partial charge in [-0.05, 0) is 61.1 Å². The molecule has 0 radical (unpaired) electrons. The largest absolute Gasteiger partial charge is 0.497 e. The van der Waals surface area contributed by atoms with Crippen LogP contribution in [-0.4, -0.2) is 43.2 Å². The summed E-state index contributed by atoms with van der Waals surface area (Å²) in [6, 6.07) is 8.57. The molecule has 0 saturated carbocycles. The molecule has 1 aromatic carbocycles. The zero-order valence-corrected chi connectivity index (χ0v) is 15.0. The Labute approximate surface area is 149 Å². The minimum Gasteiger partial charge on any atom is -0.497 e. The lowest BCUT2D eigenvalue weighted by atomic mass is 9.73. The second kappa shape index (κ2) is 6.77. The van der Waals surface area contributed by atoms with Gasteiger partial charge in [-0.25, -0.2) is 0 Å². The normalized spacial score (nSPS) is 29.5. The third kappa shape index (κ3) is 2.83. The van der Waals surface area contributed by atoms with Crippen molar-refractivity contribution in [3.05, 3.63) is 48.7 Å². The van der Waals surface area contributed by atoms with Crippen molar-refractivity contribution in [2.24, 2.45) is 11.8 Å². The fraction of sp³-hybridized carbons (Fsp3) is 0.476. The van der Waals surface area contributed by atoms with Crippen LogP contribution in [0.25, 0.3) is 10.9 Å². The van der Waals surface area contributed by atoms with Crippen LogP contribution in [-0.2, 0) is 4.74 Å². The molecule has 3 fully saturated rings. The molecule has 2 bridgehead atoms. The number of nitrogens with zero attached hydrogens (tertiary/aromatic N) is 2. The molecule has 0 N–H and O–H groups in total. The first-order valence-corrected chi connectivity index (χ1v) is 9.07. The van der Waals surface area contributed by atoms with Crippen LogP contribution in [0, 0.1) is 11.8 Å². The van der Waals surface area contributed by atoms with Crippen molar-refractivity contribution in [1.82, 2.24) is 9.88 Å². The van der Waals surface area contributed by atoms with Gasteiger partial charge in [0.2, 0.25) is 0 Å². The lowest BCUT2D eigenvalue weighted by Gasteiger charge is -2.51. The van der Waals surface area contributed by atoms with Gasteiger partial charge in [-0.1, -0.05) is 6.08 Å². The first-order chi connectivity index (χ1) is 12.2. The van der Waals surface area contributed by atoms with E-state index in [0.717, 1.165) is 35.7 Å². The van der Waals surface area contributed by atoms with Crippen molar-refractivity contribution < 1.29 is 9.47 Å². The molecule has 0 spiro atoms. The number of rotatable bonds is 5. The first-order valence-electron chi connectivity index (χ1n) is 9.07. The number of benzene rings is 1. The summed E-state index contributed by atoms with van der Waals surface area (Å²) >= 11 is 0. The molecular formula is C21H26N2O2. The molecule has 1 unspecified atom stereocenters. The Balaban J connectivity index is 1.72. The molecule has 3 saturated heterocycles. The van der Waals surface area contributed by atoms with E-state index in [2.05, 4.69) is 34.7 Å². The zero-order chi connectivity index (χ0) is 17.4. The number of hydrogen-bond donors (Lipinski definition) is 0. The quantitative estimate of drug-likeness (QED) is 0.776. The van der Waals surface area contributed by atoms with Gasteiger partial charge in [-0.3, -0.25) is 9.88 Å². The third-order valence-corrected chi connectivity index (χ3v) is 6.05. The summed E-state index contributed by atoms with van der Waals surface area (Å²) in [4.78, 5) is 7.10. The number of methoxy groups -OCH3 is 2. The summed E-state index contributed by atoms with van der Waals surface area (Å²) in [5.41, 5.74) is 2.19. The molecule has 25 heavy (non-hydrogen) atoms. The van der Waals surface area contributed by atoms with Crippen molar-refractivity contribution >= 4 is 10.9 Å². The van der Waals surface area contributed by atoms with Crippen LogP contribution in [0.1, 0.15) is 24.5 Å². The lowest BCUT2D eigenvalue weighted by molar-refractivity contribution is -0.0601. The first kappa shape index (κ1) is 16.6. The van der Waals surface area contributed by atoms with Gasteiger partial charge in [-0.15, -0.1) is 6.58 Å². The summed E-state index contributed by atoms with van der Waals surface area (Å²) in [5.74, 6) is 2.21. The van der Waals surface area contributed by atoms with Crippen molar-refractivity contribution in [2.45, 2.75) is 25.0 Å². The average molecular weight is 338 g/mol. The van der Waals surface area contributed by atoms with E-state index in [4.69, 9.17) is 9.47 Å². The van der Waals surface area contributed by atoms with Gasteiger partial charge in [0.25, 0.3) is 0 Å². The summed E-state index contributed by atoms with van der Waals surface area (Å²) in [5, 5.41) is 1.12. The highest BCUT2D eigenvalue weighted by atomic mass is 16.5. The number of fused-ring (bicyclic) bond motifs is 4. The number of pyridine rings is 1. The molecule has 2 aromatic rings. The van der Waals surface area contributed by atoms with Gasteiger partial charge in [0.05, 0.1) is 18.7 Å². The van der Waals surface area contributed by atoms with E-state index in [9.17, 15) is 0 Å². The summed E-state index contributed by atoms with van der Waals surface area (Å²) in [6.07, 6.45) is 6.52. The third-order valence-electron chi connectivity index (χ3n) is 6.05. The molecule has 132 valence electrons. The standard InChI is InChI=1S/C21H26N2O2/c1-4-14-13-23-10-8-15(14)11-20(23)21(25-3)17-7-9-22-19-6-5-16(24-2)12-18(17)19/h4-7,9,12,14-15,20-21H,1,8,10-11,13H2,2-3H3/t14-,15-,20-,21-/m0/s1. The molecule has 3 aliphatic heterocycles. The molecular weight excluding hydrogens is 312 g/mol. The van der Waals surface area contributed by atoms with Gasteiger partial charge < -0.3 is 9.47 Å². The van der Waals surface area contributed by atoms with Crippen molar-refractivity contribution in [1.29, 1.82) is 0 Å². The van der Waals surface area contributed by atoms with E-state index in [1.165, 1.54) is 18.4 Å². The fourth-order valence-electron chi connectivity index (χ4n) is 4.71. The van der Waals surface area contributed by atoms with Gasteiger partial charge in [0, 0.05) is 31.3 Å². The van der Waals surface area contributed by atoms with E-state index >= 15 is 0 Å². The van der Waals surface area contributed by atoms with Crippen molar-refractivity contribution in [3.63, 3.8) is 0 Å². The molecule has 0 amide bonds. The molecule has 1 aromatic heterocycles. The van der Waals surface area contributed by atoms with E-state index < -0.39 is 0 Å². The Hall–Kier alpha value is -1.91. The van der Waals surface area contributed by atoms with Gasteiger partial charge in [0.1, 0.15) is 5.75 Å². The predicted octanol–water partition coefficient (Wildman–Crippen LogP) is 3.83. The van der Waals surface area contributed by atoms with Crippen molar-refractivity contribution in [3.8, 4) is 5.75 Å². The van der Waals surface area contributed by atoms with E-state index in [-0.39, 0.29) is 6.10 Å². The molecule has 4 heterocycles.